The molecule has 1 saturated heterocycles. The minimum Gasteiger partial charge on any atom is -0.339 e. The molecule has 0 saturated carbocycles. The third-order valence-electron chi connectivity index (χ3n) is 5.46. The van der Waals surface area contributed by atoms with Crippen molar-refractivity contribution >= 4 is 23.6 Å². The van der Waals surface area contributed by atoms with Crippen molar-refractivity contribution in [1.29, 1.82) is 0 Å². The van der Waals surface area contributed by atoms with E-state index in [1.807, 2.05) is 66.6 Å². The molecule has 1 unspecified atom stereocenters. The van der Waals surface area contributed by atoms with Gasteiger partial charge in [-0.3, -0.25) is 4.79 Å². The summed E-state index contributed by atoms with van der Waals surface area (Å²) in [7, 11) is 0. The highest BCUT2D eigenvalue weighted by Crippen LogP contribution is 2.29. The van der Waals surface area contributed by atoms with E-state index in [0.717, 1.165) is 48.7 Å². The lowest BCUT2D eigenvalue weighted by Crippen LogP contribution is -2.38. The molecule has 2 aromatic heterocycles. The molecule has 5 heteroatoms. The van der Waals surface area contributed by atoms with Crippen molar-refractivity contribution < 1.29 is 4.79 Å². The fourth-order valence-corrected chi connectivity index (χ4v) is 3.79. The Labute approximate surface area is 177 Å². The average Bonchev–Trinajstić information content (AvgIpc) is 2.80. The molecule has 0 aliphatic carbocycles. The van der Waals surface area contributed by atoms with Gasteiger partial charge in [-0.2, -0.15) is 0 Å². The molecule has 1 atom stereocenters. The number of nitrogens with zero attached hydrogens (tertiary/aromatic N) is 3. The highest BCUT2D eigenvalue weighted by atomic mass is 16.2. The average molecular weight is 399 g/mol. The number of rotatable bonds is 5. The van der Waals surface area contributed by atoms with E-state index in [2.05, 4.69) is 27.4 Å². The number of carbonyl (C=O) groups is 1. The lowest BCUT2D eigenvalue weighted by molar-refractivity contribution is -0.127. The van der Waals surface area contributed by atoms with Gasteiger partial charge in [-0.25, -0.2) is 9.97 Å². The van der Waals surface area contributed by atoms with Crippen LogP contribution in [0.2, 0.25) is 0 Å². The summed E-state index contributed by atoms with van der Waals surface area (Å²) in [5.41, 5.74) is 3.31. The van der Waals surface area contributed by atoms with Crippen LogP contribution in [0.3, 0.4) is 0 Å². The highest BCUT2D eigenvalue weighted by Gasteiger charge is 2.24. The van der Waals surface area contributed by atoms with Crippen LogP contribution in [-0.4, -0.2) is 33.9 Å². The van der Waals surface area contributed by atoms with Gasteiger partial charge in [0.1, 0.15) is 11.6 Å². The van der Waals surface area contributed by atoms with Gasteiger partial charge >= 0.3 is 0 Å². The molecular formula is C25H26N4O. The van der Waals surface area contributed by atoms with Crippen LogP contribution in [0.4, 0.5) is 11.6 Å². The maximum Gasteiger partial charge on any atom is 0.246 e. The SMILES string of the molecule is Cc1cccnc1Nc1cc(C2CCCN(C(=O)C=Cc3ccccc3)C2)ccn1. The molecule has 0 bridgehead atoms. The Hall–Kier alpha value is -3.47. The van der Waals surface area contributed by atoms with Crippen LogP contribution < -0.4 is 5.32 Å². The Morgan fingerprint density at radius 2 is 1.97 bits per heavy atom. The van der Waals surface area contributed by atoms with Gasteiger partial charge in [-0.15, -0.1) is 0 Å². The van der Waals surface area contributed by atoms with E-state index < -0.39 is 0 Å². The van der Waals surface area contributed by atoms with Gasteiger partial charge in [-0.05, 0) is 60.7 Å². The largest absolute Gasteiger partial charge is 0.339 e. The molecule has 1 aliphatic rings. The van der Waals surface area contributed by atoms with E-state index >= 15 is 0 Å². The van der Waals surface area contributed by atoms with Crippen molar-refractivity contribution in [2.45, 2.75) is 25.7 Å². The molecule has 152 valence electrons. The number of hydrogen-bond donors (Lipinski definition) is 1. The second kappa shape index (κ2) is 9.35. The number of piperidine rings is 1. The molecule has 4 rings (SSSR count). The molecule has 0 radical (unpaired) electrons. The Bertz CT molecular complexity index is 1030. The maximum atomic E-state index is 12.7. The lowest BCUT2D eigenvalue weighted by atomic mass is 9.91. The Balaban J connectivity index is 1.43. The molecule has 1 fully saturated rings. The molecule has 1 aliphatic heterocycles. The number of benzene rings is 1. The minimum atomic E-state index is 0.0695. The van der Waals surface area contributed by atoms with E-state index in [1.165, 1.54) is 5.56 Å². The molecule has 3 heterocycles. The summed E-state index contributed by atoms with van der Waals surface area (Å²) in [5, 5.41) is 3.31. The third-order valence-corrected chi connectivity index (χ3v) is 5.46. The number of anilines is 2. The zero-order valence-electron chi connectivity index (χ0n) is 17.2. The van der Waals surface area contributed by atoms with Gasteiger partial charge in [0.05, 0.1) is 0 Å². The summed E-state index contributed by atoms with van der Waals surface area (Å²) in [5.74, 6) is 1.97. The maximum absolute atomic E-state index is 12.7. The van der Waals surface area contributed by atoms with Crippen LogP contribution in [0.5, 0.6) is 0 Å². The Kier molecular flexibility index (Phi) is 6.18. The van der Waals surface area contributed by atoms with Crippen LogP contribution in [0.1, 0.15) is 35.4 Å². The summed E-state index contributed by atoms with van der Waals surface area (Å²) in [6.07, 6.45) is 9.23. The first kappa shape index (κ1) is 19.8. The van der Waals surface area contributed by atoms with Gasteiger partial charge in [-0.1, -0.05) is 36.4 Å². The van der Waals surface area contributed by atoms with E-state index in [4.69, 9.17) is 0 Å². The third kappa shape index (κ3) is 4.92. The second-order valence-electron chi connectivity index (χ2n) is 7.64. The monoisotopic (exact) mass is 398 g/mol. The fraction of sp³-hybridized carbons (Fsp3) is 0.240. The van der Waals surface area contributed by atoms with E-state index in [9.17, 15) is 4.79 Å². The van der Waals surface area contributed by atoms with Crippen molar-refractivity contribution in [2.24, 2.45) is 0 Å². The summed E-state index contributed by atoms with van der Waals surface area (Å²) in [4.78, 5) is 23.5. The number of pyridine rings is 2. The normalized spacial score (nSPS) is 16.6. The fourth-order valence-electron chi connectivity index (χ4n) is 3.79. The summed E-state index contributed by atoms with van der Waals surface area (Å²) >= 11 is 0. The standard InChI is InChI=1S/C25H26N4O/c1-19-7-5-14-27-25(19)28-23-17-21(13-15-26-23)22-10-6-16-29(18-22)24(30)12-11-20-8-3-2-4-9-20/h2-5,7-9,11-15,17,22H,6,10,16,18H2,1H3,(H,26,27,28). The number of likely N-dealkylation sites (tertiary alicyclic amines) is 1. The van der Waals surface area contributed by atoms with Gasteiger partial charge in [0.15, 0.2) is 0 Å². The quantitative estimate of drug-likeness (QED) is 0.618. The van der Waals surface area contributed by atoms with Crippen molar-refractivity contribution in [2.75, 3.05) is 18.4 Å². The number of aromatic nitrogens is 2. The molecule has 3 aromatic rings. The number of hydrogen-bond acceptors (Lipinski definition) is 4. The van der Waals surface area contributed by atoms with E-state index in [1.54, 1.807) is 12.3 Å². The molecule has 1 N–H and O–H groups in total. The minimum absolute atomic E-state index is 0.0695. The Morgan fingerprint density at radius 3 is 2.80 bits per heavy atom. The van der Waals surface area contributed by atoms with Crippen LogP contribution in [0, 0.1) is 6.92 Å². The molecule has 5 nitrogen and oxygen atoms in total. The smallest absolute Gasteiger partial charge is 0.246 e. The zero-order chi connectivity index (χ0) is 20.8. The molecular weight excluding hydrogens is 372 g/mol. The first-order valence-corrected chi connectivity index (χ1v) is 10.4. The first-order valence-electron chi connectivity index (χ1n) is 10.4. The highest BCUT2D eigenvalue weighted by molar-refractivity contribution is 5.91. The van der Waals surface area contributed by atoms with Gasteiger partial charge < -0.3 is 10.2 Å². The number of amides is 1. The van der Waals surface area contributed by atoms with Crippen LogP contribution in [0.15, 0.2) is 73.1 Å². The van der Waals surface area contributed by atoms with E-state index in [0.29, 0.717) is 5.92 Å². The molecule has 1 aromatic carbocycles. The van der Waals surface area contributed by atoms with Crippen molar-refractivity contribution in [3.8, 4) is 0 Å². The first-order chi connectivity index (χ1) is 14.7. The summed E-state index contributed by atoms with van der Waals surface area (Å²) < 4.78 is 0. The molecule has 30 heavy (non-hydrogen) atoms. The number of aryl methyl sites for hydroxylation is 1. The predicted octanol–water partition coefficient (Wildman–Crippen LogP) is 4.95. The second-order valence-corrected chi connectivity index (χ2v) is 7.64. The predicted molar refractivity (Wildman–Crippen MR) is 121 cm³/mol. The van der Waals surface area contributed by atoms with Crippen molar-refractivity contribution in [1.82, 2.24) is 14.9 Å². The van der Waals surface area contributed by atoms with Crippen molar-refractivity contribution in [3.05, 3.63) is 89.8 Å². The zero-order valence-corrected chi connectivity index (χ0v) is 17.2. The van der Waals surface area contributed by atoms with Crippen LogP contribution in [-0.2, 0) is 4.79 Å². The lowest BCUT2D eigenvalue weighted by Gasteiger charge is -2.32. The van der Waals surface area contributed by atoms with Crippen molar-refractivity contribution in [3.63, 3.8) is 0 Å². The number of nitrogens with one attached hydrogen (secondary N) is 1. The molecule has 1 amide bonds. The summed E-state index contributed by atoms with van der Waals surface area (Å²) in [6.45, 7) is 3.55. The van der Waals surface area contributed by atoms with Gasteiger partial charge in [0.25, 0.3) is 0 Å². The molecule has 0 spiro atoms. The number of carbonyl (C=O) groups excluding carboxylic acids is 1. The van der Waals surface area contributed by atoms with Crippen LogP contribution >= 0.6 is 0 Å². The topological polar surface area (TPSA) is 58.1 Å². The van der Waals surface area contributed by atoms with Crippen LogP contribution in [0.25, 0.3) is 6.08 Å². The summed E-state index contributed by atoms with van der Waals surface area (Å²) in [6, 6.07) is 18.0. The van der Waals surface area contributed by atoms with E-state index in [-0.39, 0.29) is 5.91 Å². The van der Waals surface area contributed by atoms with Gasteiger partial charge in [0.2, 0.25) is 5.91 Å². The van der Waals surface area contributed by atoms with Gasteiger partial charge in [0, 0.05) is 37.5 Å². The Morgan fingerprint density at radius 1 is 1.10 bits per heavy atom.